The van der Waals surface area contributed by atoms with Crippen LogP contribution in [0.3, 0.4) is 0 Å². The van der Waals surface area contributed by atoms with Crippen LogP contribution in [-0.4, -0.2) is 9.55 Å². The highest BCUT2D eigenvalue weighted by Gasteiger charge is 2.03. The summed E-state index contributed by atoms with van der Waals surface area (Å²) in [5.74, 6) is 1.24. The molecule has 1 aromatic heterocycles. The Morgan fingerprint density at radius 2 is 1.13 bits per heavy atom. The summed E-state index contributed by atoms with van der Waals surface area (Å²) in [6.45, 7) is 3.24. The van der Waals surface area contributed by atoms with Crippen LogP contribution in [0.2, 0.25) is 0 Å². The topological polar surface area (TPSA) is 17.8 Å². The molecule has 2 nitrogen and oxygen atoms in total. The summed E-state index contributed by atoms with van der Waals surface area (Å²) < 4.78 is 2.31. The predicted octanol–water partition coefficient (Wildman–Crippen LogP) is 8.74. The SMILES string of the molecule is CCCCCCCCCCCCCCCCCCc1nccn1Cc1ccccc1. The molecule has 0 aliphatic rings. The summed E-state index contributed by atoms with van der Waals surface area (Å²) in [6.07, 6.45) is 27.9. The maximum Gasteiger partial charge on any atom is 0.108 e. The lowest BCUT2D eigenvalue weighted by molar-refractivity contribution is 0.528. The van der Waals surface area contributed by atoms with E-state index in [2.05, 4.69) is 53.0 Å². The molecule has 0 amide bonds. The van der Waals surface area contributed by atoms with Crippen LogP contribution in [0.15, 0.2) is 42.7 Å². The number of imidazole rings is 1. The minimum atomic E-state index is 0.940. The average molecular weight is 411 g/mol. The Morgan fingerprint density at radius 1 is 0.633 bits per heavy atom. The van der Waals surface area contributed by atoms with Crippen molar-refractivity contribution in [2.24, 2.45) is 0 Å². The van der Waals surface area contributed by atoms with Gasteiger partial charge in [-0.2, -0.15) is 0 Å². The van der Waals surface area contributed by atoms with E-state index < -0.39 is 0 Å². The molecule has 2 aromatic rings. The van der Waals surface area contributed by atoms with Crippen molar-refractivity contribution in [1.82, 2.24) is 9.55 Å². The molecule has 0 aliphatic carbocycles. The quantitative estimate of drug-likeness (QED) is 0.212. The summed E-state index contributed by atoms with van der Waals surface area (Å²) in [5, 5.41) is 0. The van der Waals surface area contributed by atoms with Gasteiger partial charge >= 0.3 is 0 Å². The highest BCUT2D eigenvalue weighted by molar-refractivity contribution is 5.15. The number of nitrogens with zero attached hydrogens (tertiary/aromatic N) is 2. The van der Waals surface area contributed by atoms with Gasteiger partial charge in [-0.15, -0.1) is 0 Å². The smallest absolute Gasteiger partial charge is 0.108 e. The van der Waals surface area contributed by atoms with Gasteiger partial charge in [0.1, 0.15) is 5.82 Å². The van der Waals surface area contributed by atoms with Crippen molar-refractivity contribution in [2.45, 2.75) is 123 Å². The number of aromatic nitrogens is 2. The van der Waals surface area contributed by atoms with E-state index >= 15 is 0 Å². The van der Waals surface area contributed by atoms with Gasteiger partial charge in [0.2, 0.25) is 0 Å². The van der Waals surface area contributed by atoms with Crippen LogP contribution in [0.5, 0.6) is 0 Å². The molecule has 2 heteroatoms. The number of hydrogen-bond donors (Lipinski definition) is 0. The number of rotatable bonds is 19. The molecular weight excluding hydrogens is 364 g/mol. The molecule has 0 saturated carbocycles. The van der Waals surface area contributed by atoms with Crippen LogP contribution in [0.4, 0.5) is 0 Å². The maximum atomic E-state index is 4.58. The van der Waals surface area contributed by atoms with Crippen molar-refractivity contribution in [2.75, 3.05) is 0 Å². The Hall–Kier alpha value is -1.57. The lowest BCUT2D eigenvalue weighted by Gasteiger charge is -2.08. The largest absolute Gasteiger partial charge is 0.331 e. The molecule has 0 spiro atoms. The second kappa shape index (κ2) is 17.1. The van der Waals surface area contributed by atoms with E-state index in [-0.39, 0.29) is 0 Å². The molecule has 0 N–H and O–H groups in total. The zero-order valence-corrected chi connectivity index (χ0v) is 19.7. The van der Waals surface area contributed by atoms with E-state index in [4.69, 9.17) is 0 Å². The minimum Gasteiger partial charge on any atom is -0.331 e. The molecule has 30 heavy (non-hydrogen) atoms. The van der Waals surface area contributed by atoms with Gasteiger partial charge in [-0.25, -0.2) is 4.98 Å². The third-order valence-corrected chi connectivity index (χ3v) is 6.25. The average Bonchev–Trinajstić information content (AvgIpc) is 3.21. The van der Waals surface area contributed by atoms with Crippen LogP contribution in [0, 0.1) is 0 Å². The highest BCUT2D eigenvalue weighted by atomic mass is 15.1. The number of aryl methyl sites for hydroxylation is 1. The van der Waals surface area contributed by atoms with Gasteiger partial charge in [-0.3, -0.25) is 0 Å². The second-order valence-corrected chi connectivity index (χ2v) is 9.01. The molecule has 0 saturated heterocycles. The van der Waals surface area contributed by atoms with E-state index in [9.17, 15) is 0 Å². The van der Waals surface area contributed by atoms with Gasteiger partial charge in [-0.05, 0) is 12.0 Å². The molecule has 0 radical (unpaired) electrons. The second-order valence-electron chi connectivity index (χ2n) is 9.01. The van der Waals surface area contributed by atoms with Crippen molar-refractivity contribution in [1.29, 1.82) is 0 Å². The molecule has 0 fully saturated rings. The summed E-state index contributed by atoms with van der Waals surface area (Å²) in [4.78, 5) is 4.58. The molecule has 1 heterocycles. The molecule has 2 rings (SSSR count). The zero-order chi connectivity index (χ0) is 21.1. The van der Waals surface area contributed by atoms with Gasteiger partial charge in [0.05, 0.1) is 0 Å². The third kappa shape index (κ3) is 11.6. The number of unbranched alkanes of at least 4 members (excludes halogenated alkanes) is 15. The normalized spacial score (nSPS) is 11.2. The standard InChI is InChI=1S/C28H46N2/c1-2-3-4-5-6-7-8-9-10-11-12-13-14-15-16-20-23-28-29-24-25-30(28)26-27-21-18-17-19-22-27/h17-19,21-22,24-25H,2-16,20,23,26H2,1H3. The van der Waals surface area contributed by atoms with Crippen LogP contribution in [-0.2, 0) is 13.0 Å². The molecule has 1 aromatic carbocycles. The van der Waals surface area contributed by atoms with E-state index in [0.717, 1.165) is 13.0 Å². The number of hydrogen-bond acceptors (Lipinski definition) is 1. The molecule has 0 unspecified atom stereocenters. The van der Waals surface area contributed by atoms with Crippen molar-refractivity contribution < 1.29 is 0 Å². The first-order valence-electron chi connectivity index (χ1n) is 12.9. The summed E-state index contributed by atoms with van der Waals surface area (Å²) in [5.41, 5.74) is 1.35. The van der Waals surface area contributed by atoms with E-state index in [0.29, 0.717) is 0 Å². The molecule has 0 bridgehead atoms. The fraction of sp³-hybridized carbons (Fsp3) is 0.679. The molecular formula is C28H46N2. The summed E-state index contributed by atoms with van der Waals surface area (Å²) >= 11 is 0. The Balaban J connectivity index is 1.38. The lowest BCUT2D eigenvalue weighted by atomic mass is 10.0. The van der Waals surface area contributed by atoms with E-state index in [1.54, 1.807) is 0 Å². The first-order chi connectivity index (χ1) is 14.9. The van der Waals surface area contributed by atoms with Crippen molar-refractivity contribution in [3.8, 4) is 0 Å². The highest BCUT2D eigenvalue weighted by Crippen LogP contribution is 2.14. The number of benzene rings is 1. The Bertz CT molecular complexity index is 617. The lowest BCUT2D eigenvalue weighted by Crippen LogP contribution is -2.04. The first kappa shape index (κ1) is 24.7. The van der Waals surface area contributed by atoms with E-state index in [1.165, 1.54) is 114 Å². The molecule has 0 atom stereocenters. The van der Waals surface area contributed by atoms with Crippen molar-refractivity contribution in [3.63, 3.8) is 0 Å². The Labute approximate surface area is 186 Å². The minimum absolute atomic E-state index is 0.940. The predicted molar refractivity (Wildman–Crippen MR) is 131 cm³/mol. The van der Waals surface area contributed by atoms with Crippen LogP contribution < -0.4 is 0 Å². The zero-order valence-electron chi connectivity index (χ0n) is 19.7. The fourth-order valence-corrected chi connectivity index (χ4v) is 4.32. The summed E-state index contributed by atoms with van der Waals surface area (Å²) in [7, 11) is 0. The van der Waals surface area contributed by atoms with Gasteiger partial charge in [0.15, 0.2) is 0 Å². The molecule has 168 valence electrons. The van der Waals surface area contributed by atoms with Gasteiger partial charge < -0.3 is 4.57 Å². The van der Waals surface area contributed by atoms with Crippen LogP contribution in [0.25, 0.3) is 0 Å². The monoisotopic (exact) mass is 410 g/mol. The Morgan fingerprint density at radius 3 is 1.67 bits per heavy atom. The molecule has 0 aliphatic heterocycles. The van der Waals surface area contributed by atoms with Crippen LogP contribution >= 0.6 is 0 Å². The van der Waals surface area contributed by atoms with Crippen LogP contribution in [0.1, 0.15) is 121 Å². The van der Waals surface area contributed by atoms with Gasteiger partial charge in [0.25, 0.3) is 0 Å². The Kier molecular flexibility index (Phi) is 14.1. The summed E-state index contributed by atoms with van der Waals surface area (Å²) in [6, 6.07) is 10.7. The maximum absolute atomic E-state index is 4.58. The van der Waals surface area contributed by atoms with Gasteiger partial charge in [-0.1, -0.05) is 134 Å². The van der Waals surface area contributed by atoms with Crippen molar-refractivity contribution in [3.05, 3.63) is 54.1 Å². The fourth-order valence-electron chi connectivity index (χ4n) is 4.32. The van der Waals surface area contributed by atoms with E-state index in [1.807, 2.05) is 6.20 Å². The van der Waals surface area contributed by atoms with Crippen molar-refractivity contribution >= 4 is 0 Å². The first-order valence-corrected chi connectivity index (χ1v) is 12.9. The van der Waals surface area contributed by atoms with Gasteiger partial charge in [0, 0.05) is 25.4 Å². The third-order valence-electron chi connectivity index (χ3n) is 6.25.